The quantitative estimate of drug-likeness (QED) is 0.124. The molecule has 1 aliphatic heterocycles. The number of Topliss-reactive ketones (excluding diaryl/α,β-unsaturated/α-hetero) is 1. The van der Waals surface area contributed by atoms with Gasteiger partial charge in [-0.15, -0.1) is 0 Å². The molecule has 0 radical (unpaired) electrons. The number of carbonyl (C=O) groups excluding carboxylic acids is 2. The number of hydrogen-bond acceptors (Lipinski definition) is 5. The summed E-state index contributed by atoms with van der Waals surface area (Å²) in [6.45, 7) is 11.6. The molecule has 0 bridgehead atoms. The molecule has 0 aliphatic carbocycles. The summed E-state index contributed by atoms with van der Waals surface area (Å²) in [5, 5.41) is 11.5. The van der Waals surface area contributed by atoms with E-state index in [0.29, 0.717) is 36.0 Å². The first-order valence-corrected chi connectivity index (χ1v) is 14.0. The lowest BCUT2D eigenvalue weighted by Crippen LogP contribution is -2.29. The van der Waals surface area contributed by atoms with Crippen LogP contribution >= 0.6 is 0 Å². The third-order valence-electron chi connectivity index (χ3n) is 7.11. The van der Waals surface area contributed by atoms with E-state index in [4.69, 9.17) is 9.47 Å². The van der Waals surface area contributed by atoms with Gasteiger partial charge in [0.15, 0.2) is 0 Å². The summed E-state index contributed by atoms with van der Waals surface area (Å²) in [4.78, 5) is 28.4. The van der Waals surface area contributed by atoms with Gasteiger partial charge in [-0.05, 0) is 78.4 Å². The standard InChI is InChI=1S/C34H39NO5/c1-6-8-9-22-40-28-18-12-24(13-19-28)31(36)29-30(23-10-14-25(15-11-23)34(3,4)5)35(33(38)32(29)37)26-16-20-27(21-17-26)39-7-2/h10-21,30,36H,6-9,22H2,1-5H3/b31-29-. The molecule has 4 rings (SSSR count). The number of unbranched alkanes of at least 4 members (excludes halogenated alkanes) is 2. The second kappa shape index (κ2) is 12.4. The van der Waals surface area contributed by atoms with Gasteiger partial charge in [0, 0.05) is 11.3 Å². The van der Waals surface area contributed by atoms with Crippen molar-refractivity contribution in [2.24, 2.45) is 0 Å². The van der Waals surface area contributed by atoms with Gasteiger partial charge in [-0.1, -0.05) is 64.8 Å². The molecule has 1 atom stereocenters. The maximum Gasteiger partial charge on any atom is 0.300 e. The number of amides is 1. The third kappa shape index (κ3) is 6.22. The van der Waals surface area contributed by atoms with Crippen LogP contribution < -0.4 is 14.4 Å². The number of hydrogen-bond donors (Lipinski definition) is 1. The Labute approximate surface area is 237 Å². The molecular formula is C34H39NO5. The Balaban J connectivity index is 1.76. The molecule has 6 nitrogen and oxygen atoms in total. The van der Waals surface area contributed by atoms with Gasteiger partial charge in [0.25, 0.3) is 11.7 Å². The number of carbonyl (C=O) groups is 2. The van der Waals surface area contributed by atoms with Gasteiger partial charge < -0.3 is 14.6 Å². The lowest BCUT2D eigenvalue weighted by atomic mass is 9.85. The lowest BCUT2D eigenvalue weighted by molar-refractivity contribution is -0.132. The van der Waals surface area contributed by atoms with E-state index in [9.17, 15) is 14.7 Å². The first-order chi connectivity index (χ1) is 19.2. The molecule has 1 saturated heterocycles. The zero-order chi connectivity index (χ0) is 28.9. The van der Waals surface area contributed by atoms with Crippen LogP contribution in [0, 0.1) is 0 Å². The highest BCUT2D eigenvalue weighted by atomic mass is 16.5. The van der Waals surface area contributed by atoms with Crippen LogP contribution in [0.3, 0.4) is 0 Å². The Morgan fingerprint density at radius 1 is 0.825 bits per heavy atom. The minimum absolute atomic E-state index is 0.0546. The Morgan fingerprint density at radius 3 is 2.00 bits per heavy atom. The van der Waals surface area contributed by atoms with Crippen molar-refractivity contribution in [2.75, 3.05) is 18.1 Å². The Bertz CT molecular complexity index is 1350. The van der Waals surface area contributed by atoms with E-state index in [2.05, 4.69) is 27.7 Å². The molecule has 3 aromatic rings. The van der Waals surface area contributed by atoms with Crippen LogP contribution in [0.2, 0.25) is 0 Å². The minimum Gasteiger partial charge on any atom is -0.507 e. The molecule has 0 aromatic heterocycles. The molecule has 0 saturated carbocycles. The second-order valence-electron chi connectivity index (χ2n) is 11.0. The molecule has 210 valence electrons. The third-order valence-corrected chi connectivity index (χ3v) is 7.11. The van der Waals surface area contributed by atoms with Crippen LogP contribution in [0.5, 0.6) is 11.5 Å². The minimum atomic E-state index is -0.795. The normalized spacial score (nSPS) is 16.8. The summed E-state index contributed by atoms with van der Waals surface area (Å²) in [5.41, 5.74) is 2.85. The van der Waals surface area contributed by atoms with Crippen molar-refractivity contribution >= 4 is 23.1 Å². The average Bonchev–Trinajstić information content (AvgIpc) is 3.21. The van der Waals surface area contributed by atoms with Gasteiger partial charge in [0.2, 0.25) is 0 Å². The molecule has 1 heterocycles. The van der Waals surface area contributed by atoms with Gasteiger partial charge >= 0.3 is 0 Å². The van der Waals surface area contributed by atoms with Crippen molar-refractivity contribution in [3.63, 3.8) is 0 Å². The number of aliphatic hydroxyl groups excluding tert-OH is 1. The van der Waals surface area contributed by atoms with Gasteiger partial charge in [0.05, 0.1) is 24.8 Å². The first-order valence-electron chi connectivity index (χ1n) is 14.0. The molecule has 0 spiro atoms. The Hall–Kier alpha value is -4.06. The van der Waals surface area contributed by atoms with Crippen molar-refractivity contribution < 1.29 is 24.2 Å². The predicted octanol–water partition coefficient (Wildman–Crippen LogP) is 7.58. The van der Waals surface area contributed by atoms with Gasteiger partial charge in [-0.25, -0.2) is 0 Å². The predicted molar refractivity (Wildman–Crippen MR) is 159 cm³/mol. The monoisotopic (exact) mass is 541 g/mol. The highest BCUT2D eigenvalue weighted by Gasteiger charge is 2.47. The largest absolute Gasteiger partial charge is 0.507 e. The molecular weight excluding hydrogens is 502 g/mol. The second-order valence-corrected chi connectivity index (χ2v) is 11.0. The van der Waals surface area contributed by atoms with Crippen molar-refractivity contribution in [2.45, 2.75) is 65.3 Å². The highest BCUT2D eigenvalue weighted by molar-refractivity contribution is 6.51. The number of ketones is 1. The first kappa shape index (κ1) is 28.9. The summed E-state index contributed by atoms with van der Waals surface area (Å²) < 4.78 is 11.4. The smallest absolute Gasteiger partial charge is 0.300 e. The molecule has 1 unspecified atom stereocenters. The fraction of sp³-hybridized carbons (Fsp3) is 0.353. The van der Waals surface area contributed by atoms with E-state index in [1.807, 2.05) is 31.2 Å². The summed E-state index contributed by atoms with van der Waals surface area (Å²) in [7, 11) is 0. The number of anilines is 1. The maximum atomic E-state index is 13.5. The molecule has 40 heavy (non-hydrogen) atoms. The zero-order valence-corrected chi connectivity index (χ0v) is 24.1. The van der Waals surface area contributed by atoms with Crippen molar-refractivity contribution in [3.05, 3.63) is 95.1 Å². The zero-order valence-electron chi connectivity index (χ0n) is 24.1. The number of benzene rings is 3. The van der Waals surface area contributed by atoms with Crippen molar-refractivity contribution in [3.8, 4) is 11.5 Å². The molecule has 1 amide bonds. The van der Waals surface area contributed by atoms with Crippen LogP contribution in [-0.2, 0) is 15.0 Å². The topological polar surface area (TPSA) is 76.1 Å². The van der Waals surface area contributed by atoms with E-state index in [1.165, 1.54) is 4.90 Å². The molecule has 1 aliphatic rings. The van der Waals surface area contributed by atoms with E-state index in [1.54, 1.807) is 48.5 Å². The average molecular weight is 542 g/mol. The fourth-order valence-corrected chi connectivity index (χ4v) is 4.86. The summed E-state index contributed by atoms with van der Waals surface area (Å²) >= 11 is 0. The van der Waals surface area contributed by atoms with E-state index in [-0.39, 0.29) is 16.7 Å². The Kier molecular flexibility index (Phi) is 8.98. The van der Waals surface area contributed by atoms with Gasteiger partial charge in [-0.2, -0.15) is 0 Å². The van der Waals surface area contributed by atoms with Crippen LogP contribution in [0.1, 0.15) is 76.6 Å². The van der Waals surface area contributed by atoms with Gasteiger partial charge in [0.1, 0.15) is 17.3 Å². The van der Waals surface area contributed by atoms with E-state index < -0.39 is 17.7 Å². The maximum absolute atomic E-state index is 13.5. The molecule has 1 N–H and O–H groups in total. The lowest BCUT2D eigenvalue weighted by Gasteiger charge is -2.26. The van der Waals surface area contributed by atoms with Crippen LogP contribution in [0.15, 0.2) is 78.4 Å². The van der Waals surface area contributed by atoms with E-state index >= 15 is 0 Å². The molecule has 3 aromatic carbocycles. The number of aliphatic hydroxyl groups is 1. The summed E-state index contributed by atoms with van der Waals surface area (Å²) in [6.07, 6.45) is 3.19. The fourth-order valence-electron chi connectivity index (χ4n) is 4.86. The SMILES string of the molecule is CCCCCOc1ccc(/C(O)=C2/C(=O)C(=O)N(c3ccc(OCC)cc3)C2c2ccc(C(C)(C)C)cc2)cc1. The number of nitrogens with zero attached hydrogens (tertiary/aromatic N) is 1. The van der Waals surface area contributed by atoms with Crippen LogP contribution in [-0.4, -0.2) is 30.0 Å². The van der Waals surface area contributed by atoms with Gasteiger partial charge in [-0.3, -0.25) is 14.5 Å². The summed E-state index contributed by atoms with van der Waals surface area (Å²) in [5.74, 6) is -0.264. The highest BCUT2D eigenvalue weighted by Crippen LogP contribution is 2.43. The van der Waals surface area contributed by atoms with Crippen molar-refractivity contribution in [1.82, 2.24) is 0 Å². The molecule has 1 fully saturated rings. The van der Waals surface area contributed by atoms with Crippen LogP contribution in [0.25, 0.3) is 5.76 Å². The van der Waals surface area contributed by atoms with Crippen molar-refractivity contribution in [1.29, 1.82) is 0 Å². The Morgan fingerprint density at radius 2 is 1.43 bits per heavy atom. The molecule has 6 heteroatoms. The number of ether oxygens (including phenoxy) is 2. The number of rotatable bonds is 10. The van der Waals surface area contributed by atoms with Crippen LogP contribution in [0.4, 0.5) is 5.69 Å². The van der Waals surface area contributed by atoms with E-state index in [0.717, 1.165) is 30.4 Å². The summed E-state index contributed by atoms with van der Waals surface area (Å²) in [6, 6.07) is 21.1.